The van der Waals surface area contributed by atoms with E-state index in [2.05, 4.69) is 0 Å². The summed E-state index contributed by atoms with van der Waals surface area (Å²) in [5.74, 6) is -0.439. The van der Waals surface area contributed by atoms with E-state index in [4.69, 9.17) is 19.9 Å². The van der Waals surface area contributed by atoms with Crippen LogP contribution in [-0.2, 0) is 19.0 Å². The van der Waals surface area contributed by atoms with Crippen LogP contribution in [0.4, 0.5) is 0 Å². The Morgan fingerprint density at radius 3 is 2.21 bits per heavy atom. The Hall–Kier alpha value is -0.650. The Bertz CT molecular complexity index is 141. The van der Waals surface area contributed by atoms with Crippen LogP contribution in [0, 0.1) is 0 Å². The summed E-state index contributed by atoms with van der Waals surface area (Å²) < 4.78 is 15.1. The maximum atomic E-state index is 10.3. The molecule has 0 radical (unpaired) electrons. The number of methoxy groups -OCH3 is 1. The predicted octanol–water partition coefficient (Wildman–Crippen LogP) is -0.0685. The summed E-state index contributed by atoms with van der Waals surface area (Å²) in [5, 5.41) is 0. The summed E-state index contributed by atoms with van der Waals surface area (Å²) in [4.78, 5) is 10.3. The van der Waals surface area contributed by atoms with Crippen molar-refractivity contribution < 1.29 is 19.0 Å². The molecule has 2 N–H and O–H groups in total. The molecule has 0 unspecified atom stereocenters. The predicted molar refractivity (Wildman–Crippen MR) is 51.9 cm³/mol. The van der Waals surface area contributed by atoms with E-state index in [1.54, 1.807) is 7.11 Å². The van der Waals surface area contributed by atoms with Crippen molar-refractivity contribution >= 4 is 5.91 Å². The smallest absolute Gasteiger partial charge is 0.243 e. The molecule has 0 spiro atoms. The van der Waals surface area contributed by atoms with E-state index < -0.39 is 5.91 Å². The Kier molecular flexibility index (Phi) is 9.95. The number of primary amides is 1. The topological polar surface area (TPSA) is 70.8 Å². The van der Waals surface area contributed by atoms with E-state index in [1.165, 1.54) is 0 Å². The number of hydrogen-bond acceptors (Lipinski definition) is 4. The van der Waals surface area contributed by atoms with Crippen molar-refractivity contribution in [1.82, 2.24) is 0 Å². The van der Waals surface area contributed by atoms with Crippen molar-refractivity contribution in [2.45, 2.75) is 12.8 Å². The van der Waals surface area contributed by atoms with E-state index in [9.17, 15) is 4.79 Å². The van der Waals surface area contributed by atoms with Gasteiger partial charge in [0, 0.05) is 33.5 Å². The Labute approximate surface area is 84.5 Å². The van der Waals surface area contributed by atoms with Crippen LogP contribution >= 0.6 is 0 Å². The zero-order chi connectivity index (χ0) is 10.6. The molecule has 0 aromatic rings. The van der Waals surface area contributed by atoms with E-state index in [0.717, 1.165) is 19.4 Å². The lowest BCUT2D eigenvalue weighted by Gasteiger charge is -2.03. The first kappa shape index (κ1) is 13.4. The van der Waals surface area contributed by atoms with Crippen LogP contribution in [0.5, 0.6) is 0 Å². The van der Waals surface area contributed by atoms with Crippen LogP contribution in [0.15, 0.2) is 0 Å². The Morgan fingerprint density at radius 2 is 1.64 bits per heavy atom. The molecule has 5 heteroatoms. The van der Waals surface area contributed by atoms with Gasteiger partial charge in [0.25, 0.3) is 0 Å². The average molecular weight is 205 g/mol. The maximum absolute atomic E-state index is 10.3. The molecule has 0 bridgehead atoms. The monoisotopic (exact) mass is 205 g/mol. The van der Waals surface area contributed by atoms with Crippen LogP contribution in [0.2, 0.25) is 0 Å². The molecule has 0 aliphatic carbocycles. The SMILES string of the molecule is COCCCOCCCOCC(N)=O. The number of amides is 1. The minimum Gasteiger partial charge on any atom is -0.385 e. The van der Waals surface area contributed by atoms with Crippen molar-refractivity contribution in [1.29, 1.82) is 0 Å². The van der Waals surface area contributed by atoms with Gasteiger partial charge in [-0.2, -0.15) is 0 Å². The molecule has 0 aliphatic rings. The maximum Gasteiger partial charge on any atom is 0.243 e. The van der Waals surface area contributed by atoms with E-state index in [-0.39, 0.29) is 6.61 Å². The minimum absolute atomic E-state index is 0.0102. The molecular weight excluding hydrogens is 186 g/mol. The molecule has 0 atom stereocenters. The van der Waals surface area contributed by atoms with Gasteiger partial charge >= 0.3 is 0 Å². The molecule has 0 aromatic heterocycles. The largest absolute Gasteiger partial charge is 0.385 e. The molecule has 1 amide bonds. The first-order valence-electron chi connectivity index (χ1n) is 4.70. The highest BCUT2D eigenvalue weighted by atomic mass is 16.5. The molecule has 0 heterocycles. The molecule has 0 saturated heterocycles. The van der Waals surface area contributed by atoms with Crippen molar-refractivity contribution in [3.8, 4) is 0 Å². The second-order valence-corrected chi connectivity index (χ2v) is 2.83. The number of carbonyl (C=O) groups excluding carboxylic acids is 1. The molecule has 14 heavy (non-hydrogen) atoms. The van der Waals surface area contributed by atoms with Gasteiger partial charge in [-0.05, 0) is 12.8 Å². The average Bonchev–Trinajstić information content (AvgIpc) is 2.15. The fourth-order valence-electron chi connectivity index (χ4n) is 0.843. The molecular formula is C9H19NO4. The molecule has 0 rings (SSSR count). The highest BCUT2D eigenvalue weighted by molar-refractivity contribution is 5.74. The lowest BCUT2D eigenvalue weighted by atomic mass is 10.4. The van der Waals surface area contributed by atoms with Crippen LogP contribution in [0.25, 0.3) is 0 Å². The fraction of sp³-hybridized carbons (Fsp3) is 0.889. The highest BCUT2D eigenvalue weighted by Crippen LogP contribution is 1.88. The van der Waals surface area contributed by atoms with Gasteiger partial charge in [-0.15, -0.1) is 0 Å². The number of nitrogens with two attached hydrogens (primary N) is 1. The molecule has 0 aliphatic heterocycles. The van der Waals surface area contributed by atoms with Gasteiger partial charge in [0.05, 0.1) is 0 Å². The third kappa shape index (κ3) is 11.4. The lowest BCUT2D eigenvalue weighted by Crippen LogP contribution is -2.18. The van der Waals surface area contributed by atoms with E-state index in [1.807, 2.05) is 0 Å². The number of hydrogen-bond donors (Lipinski definition) is 1. The normalized spacial score (nSPS) is 10.4. The summed E-state index contributed by atoms with van der Waals surface area (Å²) in [6.07, 6.45) is 1.68. The summed E-state index contributed by atoms with van der Waals surface area (Å²) in [7, 11) is 1.66. The molecule has 5 nitrogen and oxygen atoms in total. The number of ether oxygens (including phenoxy) is 3. The summed E-state index contributed by atoms with van der Waals surface area (Å²) in [6, 6.07) is 0. The minimum atomic E-state index is -0.439. The Balaban J connectivity index is 2.88. The van der Waals surface area contributed by atoms with Crippen LogP contribution in [0.3, 0.4) is 0 Å². The van der Waals surface area contributed by atoms with Crippen LogP contribution in [-0.4, -0.2) is 46.1 Å². The molecule has 84 valence electrons. The third-order valence-electron chi connectivity index (χ3n) is 1.46. The van der Waals surface area contributed by atoms with Gasteiger partial charge in [-0.3, -0.25) is 4.79 Å². The van der Waals surface area contributed by atoms with Crippen molar-refractivity contribution in [3.63, 3.8) is 0 Å². The van der Waals surface area contributed by atoms with E-state index in [0.29, 0.717) is 19.8 Å². The van der Waals surface area contributed by atoms with Crippen molar-refractivity contribution in [2.75, 3.05) is 40.1 Å². The molecule has 0 fully saturated rings. The van der Waals surface area contributed by atoms with Gasteiger partial charge in [-0.25, -0.2) is 0 Å². The molecule has 0 saturated carbocycles. The van der Waals surface area contributed by atoms with Crippen molar-refractivity contribution in [2.24, 2.45) is 5.73 Å². The fourth-order valence-corrected chi connectivity index (χ4v) is 0.843. The van der Waals surface area contributed by atoms with Gasteiger partial charge in [0.1, 0.15) is 6.61 Å². The zero-order valence-electron chi connectivity index (χ0n) is 8.66. The van der Waals surface area contributed by atoms with Crippen molar-refractivity contribution in [3.05, 3.63) is 0 Å². The third-order valence-corrected chi connectivity index (χ3v) is 1.46. The summed E-state index contributed by atoms with van der Waals surface area (Å²) in [5.41, 5.74) is 4.88. The number of carbonyl (C=O) groups is 1. The standard InChI is InChI=1S/C9H19NO4/c1-12-4-2-5-13-6-3-7-14-8-9(10)11/h2-8H2,1H3,(H2,10,11). The first-order chi connectivity index (χ1) is 6.77. The van der Waals surface area contributed by atoms with Gasteiger partial charge in [0.2, 0.25) is 5.91 Å². The zero-order valence-corrected chi connectivity index (χ0v) is 8.66. The summed E-state index contributed by atoms with van der Waals surface area (Å²) in [6.45, 7) is 2.56. The second kappa shape index (κ2) is 10.4. The highest BCUT2D eigenvalue weighted by Gasteiger charge is 1.94. The number of rotatable bonds is 10. The van der Waals surface area contributed by atoms with Gasteiger partial charge < -0.3 is 19.9 Å². The first-order valence-corrected chi connectivity index (χ1v) is 4.70. The Morgan fingerprint density at radius 1 is 1.07 bits per heavy atom. The van der Waals surface area contributed by atoms with Crippen LogP contribution < -0.4 is 5.73 Å². The quantitative estimate of drug-likeness (QED) is 0.507. The second-order valence-electron chi connectivity index (χ2n) is 2.83. The van der Waals surface area contributed by atoms with Gasteiger partial charge in [0.15, 0.2) is 0 Å². The van der Waals surface area contributed by atoms with E-state index >= 15 is 0 Å². The molecule has 0 aromatic carbocycles. The van der Waals surface area contributed by atoms with Crippen LogP contribution in [0.1, 0.15) is 12.8 Å². The van der Waals surface area contributed by atoms with Gasteiger partial charge in [-0.1, -0.05) is 0 Å². The lowest BCUT2D eigenvalue weighted by molar-refractivity contribution is -0.122. The summed E-state index contributed by atoms with van der Waals surface area (Å²) >= 11 is 0.